The molecule has 0 bridgehead atoms. The first-order valence-electron chi connectivity index (χ1n) is 6.54. The van der Waals surface area contributed by atoms with E-state index in [4.69, 9.17) is 10.5 Å². The van der Waals surface area contributed by atoms with Crippen LogP contribution in [0, 0.1) is 11.7 Å². The molecule has 0 aliphatic rings. The van der Waals surface area contributed by atoms with Crippen LogP contribution in [0.4, 0.5) is 15.8 Å². The van der Waals surface area contributed by atoms with Crippen molar-refractivity contribution < 1.29 is 9.13 Å². The molecule has 0 radical (unpaired) electrons. The molecule has 1 unspecified atom stereocenters. The van der Waals surface area contributed by atoms with Crippen LogP contribution in [0.15, 0.2) is 12.1 Å². The lowest BCUT2D eigenvalue weighted by atomic mass is 10.1. The van der Waals surface area contributed by atoms with E-state index in [2.05, 4.69) is 19.2 Å². The monoisotopic (exact) mass is 254 g/mol. The Labute approximate surface area is 109 Å². The normalized spacial score (nSPS) is 12.2. The molecule has 18 heavy (non-hydrogen) atoms. The number of nitrogen functional groups attached to an aromatic ring is 1. The fourth-order valence-corrected chi connectivity index (χ4v) is 1.47. The molecular weight excluding hydrogens is 231 g/mol. The van der Waals surface area contributed by atoms with Gasteiger partial charge < -0.3 is 15.8 Å². The summed E-state index contributed by atoms with van der Waals surface area (Å²) in [5.41, 5.74) is 6.94. The van der Waals surface area contributed by atoms with Crippen molar-refractivity contribution in [3.63, 3.8) is 0 Å². The molecule has 0 aromatic heterocycles. The summed E-state index contributed by atoms with van der Waals surface area (Å²) in [6.07, 6.45) is 1.94. The molecule has 4 heteroatoms. The number of anilines is 2. The highest BCUT2D eigenvalue weighted by molar-refractivity contribution is 5.68. The van der Waals surface area contributed by atoms with E-state index in [1.54, 1.807) is 6.07 Å². The number of hydrogen-bond donors (Lipinski definition) is 2. The molecule has 0 saturated heterocycles. The maximum atomic E-state index is 13.6. The molecule has 1 aromatic rings. The first kappa shape index (κ1) is 14.6. The first-order chi connectivity index (χ1) is 8.58. The fraction of sp³-hybridized carbons (Fsp3) is 0.571. The van der Waals surface area contributed by atoms with Gasteiger partial charge in [0.05, 0.1) is 18.0 Å². The van der Waals surface area contributed by atoms with Crippen LogP contribution in [0.2, 0.25) is 0 Å². The second-order valence-corrected chi connectivity index (χ2v) is 4.61. The number of halogens is 1. The standard InChI is InChI=1S/C14H23FN2O/c1-4-6-18-14-8-13(12(16)7-11(14)15)17-9-10(3)5-2/h7-8,10,17H,4-6,9,16H2,1-3H3. The Morgan fingerprint density at radius 3 is 2.72 bits per heavy atom. The zero-order valence-electron chi connectivity index (χ0n) is 11.4. The van der Waals surface area contributed by atoms with Crippen molar-refractivity contribution in [2.24, 2.45) is 5.92 Å². The van der Waals surface area contributed by atoms with Crippen LogP contribution in [0.1, 0.15) is 33.6 Å². The van der Waals surface area contributed by atoms with Crippen molar-refractivity contribution in [3.05, 3.63) is 17.9 Å². The van der Waals surface area contributed by atoms with Crippen molar-refractivity contribution in [2.75, 3.05) is 24.2 Å². The summed E-state index contributed by atoms with van der Waals surface area (Å²) in [5, 5.41) is 3.24. The van der Waals surface area contributed by atoms with Gasteiger partial charge in [0.1, 0.15) is 0 Å². The van der Waals surface area contributed by atoms with Gasteiger partial charge in [0.25, 0.3) is 0 Å². The van der Waals surface area contributed by atoms with E-state index in [1.165, 1.54) is 6.07 Å². The maximum absolute atomic E-state index is 13.6. The van der Waals surface area contributed by atoms with Crippen LogP contribution in [0.5, 0.6) is 5.75 Å². The summed E-state index contributed by atoms with van der Waals surface area (Å²) < 4.78 is 18.9. The lowest BCUT2D eigenvalue weighted by Gasteiger charge is -2.15. The Morgan fingerprint density at radius 2 is 2.11 bits per heavy atom. The summed E-state index contributed by atoms with van der Waals surface area (Å²) in [7, 11) is 0. The number of rotatable bonds is 7. The van der Waals surface area contributed by atoms with Gasteiger partial charge in [-0.05, 0) is 12.3 Å². The second kappa shape index (κ2) is 7.09. The molecule has 1 atom stereocenters. The van der Waals surface area contributed by atoms with Crippen molar-refractivity contribution in [1.82, 2.24) is 0 Å². The van der Waals surface area contributed by atoms with Crippen LogP contribution in [-0.4, -0.2) is 13.2 Å². The van der Waals surface area contributed by atoms with Gasteiger partial charge in [-0.1, -0.05) is 27.2 Å². The van der Waals surface area contributed by atoms with E-state index < -0.39 is 5.82 Å². The van der Waals surface area contributed by atoms with Crippen LogP contribution in [-0.2, 0) is 0 Å². The van der Waals surface area contributed by atoms with Crippen molar-refractivity contribution in [2.45, 2.75) is 33.6 Å². The predicted molar refractivity (Wildman–Crippen MR) is 74.5 cm³/mol. The Morgan fingerprint density at radius 1 is 1.39 bits per heavy atom. The van der Waals surface area contributed by atoms with Crippen molar-refractivity contribution in [3.8, 4) is 5.75 Å². The molecule has 1 aromatic carbocycles. The molecule has 102 valence electrons. The molecule has 0 aliphatic carbocycles. The number of nitrogens with one attached hydrogen (secondary N) is 1. The number of benzene rings is 1. The van der Waals surface area contributed by atoms with Crippen LogP contribution >= 0.6 is 0 Å². The quantitative estimate of drug-likeness (QED) is 0.730. The topological polar surface area (TPSA) is 47.3 Å². The van der Waals surface area contributed by atoms with Gasteiger partial charge in [0.2, 0.25) is 0 Å². The van der Waals surface area contributed by atoms with Gasteiger partial charge >= 0.3 is 0 Å². The lowest BCUT2D eigenvalue weighted by Crippen LogP contribution is -2.12. The van der Waals surface area contributed by atoms with Gasteiger partial charge in [-0.3, -0.25) is 0 Å². The zero-order valence-corrected chi connectivity index (χ0v) is 11.4. The zero-order chi connectivity index (χ0) is 13.5. The third-order valence-electron chi connectivity index (χ3n) is 2.90. The minimum absolute atomic E-state index is 0.262. The molecule has 3 nitrogen and oxygen atoms in total. The Bertz CT molecular complexity index is 382. The molecule has 0 amide bonds. The number of hydrogen-bond acceptors (Lipinski definition) is 3. The Balaban J connectivity index is 2.77. The Hall–Kier alpha value is -1.45. The number of ether oxygens (including phenoxy) is 1. The molecule has 0 saturated carbocycles. The fourth-order valence-electron chi connectivity index (χ4n) is 1.47. The smallest absolute Gasteiger partial charge is 0.167 e. The lowest BCUT2D eigenvalue weighted by molar-refractivity contribution is 0.301. The molecule has 0 heterocycles. The third kappa shape index (κ3) is 4.09. The summed E-state index contributed by atoms with van der Waals surface area (Å²) in [4.78, 5) is 0. The SMILES string of the molecule is CCCOc1cc(NCC(C)CC)c(N)cc1F. The maximum Gasteiger partial charge on any atom is 0.167 e. The summed E-state index contributed by atoms with van der Waals surface area (Å²) >= 11 is 0. The van der Waals surface area contributed by atoms with E-state index in [1.807, 2.05) is 6.92 Å². The minimum atomic E-state index is -0.407. The van der Waals surface area contributed by atoms with Gasteiger partial charge in [0.15, 0.2) is 11.6 Å². The summed E-state index contributed by atoms with van der Waals surface area (Å²) in [6.45, 7) is 7.60. The minimum Gasteiger partial charge on any atom is -0.490 e. The average molecular weight is 254 g/mol. The molecule has 0 aliphatic heterocycles. The van der Waals surface area contributed by atoms with Gasteiger partial charge in [0, 0.05) is 18.7 Å². The van der Waals surface area contributed by atoms with Gasteiger partial charge in [-0.25, -0.2) is 4.39 Å². The molecule has 0 fully saturated rings. The van der Waals surface area contributed by atoms with Crippen LogP contribution in [0.25, 0.3) is 0 Å². The van der Waals surface area contributed by atoms with E-state index in [0.717, 1.165) is 25.1 Å². The summed E-state index contributed by atoms with van der Waals surface area (Å²) in [5.74, 6) is 0.405. The van der Waals surface area contributed by atoms with E-state index in [9.17, 15) is 4.39 Å². The molecule has 0 spiro atoms. The predicted octanol–water partition coefficient (Wildman–Crippen LogP) is 3.65. The van der Waals surface area contributed by atoms with Crippen LogP contribution < -0.4 is 15.8 Å². The highest BCUT2D eigenvalue weighted by atomic mass is 19.1. The van der Waals surface area contributed by atoms with Gasteiger partial charge in [-0.15, -0.1) is 0 Å². The summed E-state index contributed by atoms with van der Waals surface area (Å²) in [6, 6.07) is 2.95. The number of nitrogens with two attached hydrogens (primary N) is 1. The van der Waals surface area contributed by atoms with Gasteiger partial charge in [-0.2, -0.15) is 0 Å². The highest BCUT2D eigenvalue weighted by Crippen LogP contribution is 2.28. The van der Waals surface area contributed by atoms with Crippen molar-refractivity contribution in [1.29, 1.82) is 0 Å². The van der Waals surface area contributed by atoms with E-state index in [-0.39, 0.29) is 5.75 Å². The largest absolute Gasteiger partial charge is 0.490 e. The Kier molecular flexibility index (Phi) is 5.75. The first-order valence-corrected chi connectivity index (χ1v) is 6.54. The van der Waals surface area contributed by atoms with E-state index >= 15 is 0 Å². The average Bonchev–Trinajstić information content (AvgIpc) is 2.36. The van der Waals surface area contributed by atoms with Crippen LogP contribution in [0.3, 0.4) is 0 Å². The third-order valence-corrected chi connectivity index (χ3v) is 2.90. The molecule has 1 rings (SSSR count). The van der Waals surface area contributed by atoms with Crippen molar-refractivity contribution >= 4 is 11.4 Å². The highest BCUT2D eigenvalue weighted by Gasteiger charge is 2.09. The van der Waals surface area contributed by atoms with E-state index in [0.29, 0.717) is 18.2 Å². The second-order valence-electron chi connectivity index (χ2n) is 4.61. The molecular formula is C14H23FN2O. The molecule has 3 N–H and O–H groups in total.